The van der Waals surface area contributed by atoms with Crippen molar-refractivity contribution < 1.29 is 4.74 Å². The third kappa shape index (κ3) is 7.11. The zero-order valence-corrected chi connectivity index (χ0v) is 39.6. The van der Waals surface area contributed by atoms with Crippen LogP contribution in [0.4, 0.5) is 22.7 Å². The zero-order chi connectivity index (χ0) is 45.2. The van der Waals surface area contributed by atoms with Crippen molar-refractivity contribution in [3.05, 3.63) is 143 Å². The van der Waals surface area contributed by atoms with E-state index in [-0.39, 0.29) is 21.7 Å². The maximum atomic E-state index is 9.85. The molecule has 0 radical (unpaired) electrons. The quantitative estimate of drug-likeness (QED) is 0.157. The first-order valence-electron chi connectivity index (χ1n) is 23.8. The van der Waals surface area contributed by atoms with E-state index in [1.807, 2.05) is 36.5 Å². The fraction of sp³-hybridized carbons (Fsp3) is 0.373. The van der Waals surface area contributed by atoms with Crippen LogP contribution in [0.2, 0.25) is 0 Å². The van der Waals surface area contributed by atoms with Gasteiger partial charge in [0.1, 0.15) is 17.3 Å². The van der Waals surface area contributed by atoms with Gasteiger partial charge in [-0.3, -0.25) is 4.57 Å². The molecule has 2 aromatic heterocycles. The van der Waals surface area contributed by atoms with Crippen molar-refractivity contribution in [2.45, 2.75) is 122 Å². The van der Waals surface area contributed by atoms with Crippen LogP contribution in [-0.4, -0.2) is 15.6 Å². The predicted molar refractivity (Wildman–Crippen MR) is 267 cm³/mol. The number of pyridine rings is 1. The summed E-state index contributed by atoms with van der Waals surface area (Å²) in [4.78, 5) is 4.89. The summed E-state index contributed by atoms with van der Waals surface area (Å²) < 4.78 is 13.7. The van der Waals surface area contributed by atoms with Crippen LogP contribution in [0.25, 0.3) is 27.6 Å². The van der Waals surface area contributed by atoms with Crippen LogP contribution in [0.3, 0.4) is 0 Å². The molecular weight excluding hydrogens is 795 g/mol. The van der Waals surface area contributed by atoms with Crippen molar-refractivity contribution in [1.82, 2.24) is 18.7 Å². The fourth-order valence-electron chi connectivity index (χ4n) is 12.2. The van der Waals surface area contributed by atoms with E-state index in [0.717, 1.165) is 62.6 Å². The molecule has 6 nitrogen and oxygen atoms in total. The number of aromatic nitrogens is 2. The maximum absolute atomic E-state index is 9.85. The van der Waals surface area contributed by atoms with E-state index in [4.69, 9.17) is 9.72 Å². The Labute approximate surface area is 384 Å². The Morgan fingerprint density at radius 2 is 1.29 bits per heavy atom. The van der Waals surface area contributed by atoms with Gasteiger partial charge >= 0.3 is 11.7 Å². The molecule has 5 aliphatic rings. The molecule has 65 heavy (non-hydrogen) atoms. The average molecular weight is 856 g/mol. The van der Waals surface area contributed by atoms with Gasteiger partial charge in [-0.15, -0.1) is 0 Å². The first kappa shape index (κ1) is 41.4. The summed E-state index contributed by atoms with van der Waals surface area (Å²) in [6, 6.07) is 45.5. The van der Waals surface area contributed by atoms with Crippen molar-refractivity contribution in [2.24, 2.45) is 17.8 Å². The van der Waals surface area contributed by atoms with Gasteiger partial charge in [0.05, 0.1) is 28.7 Å². The number of nitriles is 1. The lowest BCUT2D eigenvalue weighted by Crippen LogP contribution is -2.48. The van der Waals surface area contributed by atoms with E-state index in [1.165, 1.54) is 77.8 Å². The molecule has 5 aromatic carbocycles. The van der Waals surface area contributed by atoms with Gasteiger partial charge in [-0.05, 0) is 147 Å². The van der Waals surface area contributed by atoms with Gasteiger partial charge in [0.2, 0.25) is 11.4 Å². The molecule has 1 aliphatic heterocycles. The van der Waals surface area contributed by atoms with E-state index in [0.29, 0.717) is 5.56 Å². The van der Waals surface area contributed by atoms with Crippen LogP contribution in [0.5, 0.6) is 11.5 Å². The highest BCUT2D eigenvalue weighted by molar-refractivity contribution is 6.10. The van der Waals surface area contributed by atoms with Gasteiger partial charge < -0.3 is 4.74 Å². The van der Waals surface area contributed by atoms with Gasteiger partial charge in [0.25, 0.3) is 5.69 Å². The maximum Gasteiger partial charge on any atom is 0.503 e. The van der Waals surface area contributed by atoms with E-state index >= 15 is 0 Å². The van der Waals surface area contributed by atoms with Crippen LogP contribution >= 0.6 is 0 Å². The molecule has 4 saturated carbocycles. The Balaban J connectivity index is 1.05. The number of hydrogen-bond donors (Lipinski definition) is 0. The summed E-state index contributed by atoms with van der Waals surface area (Å²) in [5.41, 5.74) is 12.7. The number of nitrogens with zero attached hydrogens (tertiary/aromatic N) is 5. The van der Waals surface area contributed by atoms with E-state index in [2.05, 4.69) is 167 Å². The number of hydrogen-bond acceptors (Lipinski definition) is 3. The van der Waals surface area contributed by atoms with Crippen LogP contribution in [-0.2, 0) is 21.7 Å². The van der Waals surface area contributed by atoms with Gasteiger partial charge in [-0.25, -0.2) is 4.98 Å². The molecule has 12 rings (SSSR count). The van der Waals surface area contributed by atoms with Gasteiger partial charge in [-0.1, -0.05) is 86.6 Å². The molecule has 0 saturated heterocycles. The Morgan fingerprint density at radius 3 is 1.95 bits per heavy atom. The number of para-hydroxylation sites is 1. The Bertz CT molecular complexity index is 3150. The molecule has 0 unspecified atom stereocenters. The van der Waals surface area contributed by atoms with Crippen LogP contribution < -0.4 is 13.9 Å². The van der Waals surface area contributed by atoms with Gasteiger partial charge in [-0.2, -0.15) is 5.26 Å². The van der Waals surface area contributed by atoms with E-state index in [1.54, 1.807) is 0 Å². The molecule has 0 amide bonds. The summed E-state index contributed by atoms with van der Waals surface area (Å²) >= 11 is 0. The topological polar surface area (TPSA) is 56.9 Å². The lowest BCUT2D eigenvalue weighted by atomic mass is 9.48. The molecule has 0 N–H and O–H groups in total. The smallest absolute Gasteiger partial charge is 0.457 e. The first-order valence-corrected chi connectivity index (χ1v) is 23.8. The second-order valence-electron chi connectivity index (χ2n) is 23.0. The number of fused-ring (bicyclic) bond motifs is 4. The van der Waals surface area contributed by atoms with Crippen molar-refractivity contribution in [3.8, 4) is 23.4 Å². The molecule has 326 valence electrons. The predicted octanol–water partition coefficient (Wildman–Crippen LogP) is 15.1. The lowest BCUT2D eigenvalue weighted by Gasteiger charge is -2.56. The normalized spacial score (nSPS) is 21.4. The second kappa shape index (κ2) is 14.6. The van der Waals surface area contributed by atoms with Crippen LogP contribution in [0, 0.1) is 29.1 Å². The minimum atomic E-state index is -0.0479. The minimum Gasteiger partial charge on any atom is -0.457 e. The number of ether oxygens (including phenoxy) is 1. The highest BCUT2D eigenvalue weighted by atomic mass is 16.5. The van der Waals surface area contributed by atoms with Gasteiger partial charge in [0.15, 0.2) is 0 Å². The van der Waals surface area contributed by atoms with Crippen molar-refractivity contribution >= 4 is 50.6 Å². The molecule has 4 aliphatic carbocycles. The third-order valence-corrected chi connectivity index (χ3v) is 15.2. The van der Waals surface area contributed by atoms with Crippen LogP contribution in [0.15, 0.2) is 115 Å². The van der Waals surface area contributed by atoms with Gasteiger partial charge in [0, 0.05) is 58.3 Å². The summed E-state index contributed by atoms with van der Waals surface area (Å²) in [6.45, 7) is 20.6. The van der Waals surface area contributed by atoms with Crippen molar-refractivity contribution in [1.29, 1.82) is 5.26 Å². The monoisotopic (exact) mass is 855 g/mol. The molecule has 4 bridgehead atoms. The largest absolute Gasteiger partial charge is 0.503 e. The van der Waals surface area contributed by atoms with Crippen molar-refractivity contribution in [3.63, 3.8) is 0 Å². The Morgan fingerprint density at radius 1 is 0.631 bits per heavy atom. The van der Waals surface area contributed by atoms with Crippen molar-refractivity contribution in [2.75, 3.05) is 0 Å². The third-order valence-electron chi connectivity index (χ3n) is 15.2. The molecule has 7 aromatic rings. The SMILES string of the molecule is CC(C)(C)c1cc([N+]2=C=[N+](c3cccc(Oc4ccc5c6cc(C#N)ccc6n(-c6cc(C(C)(C)C)ccn6)c5c4)c3)c3cccc(C45CC6CC(CC(C6)C4)C5)c32)cc(C(C)(C)C)c1. The molecule has 0 atom stereocenters. The highest BCUT2D eigenvalue weighted by Gasteiger charge is 2.55. The molecular formula is C59H61N5O+2. The summed E-state index contributed by atoms with van der Waals surface area (Å²) in [5.74, 6) is 4.80. The number of benzene rings is 5. The molecule has 4 fully saturated rings. The molecule has 3 heterocycles. The van der Waals surface area contributed by atoms with Crippen LogP contribution in [0.1, 0.15) is 129 Å². The lowest BCUT2D eigenvalue weighted by molar-refractivity contribution is -0.00500. The molecule has 6 heteroatoms. The first-order chi connectivity index (χ1) is 30.9. The minimum absolute atomic E-state index is 0.0205. The van der Waals surface area contributed by atoms with E-state index in [9.17, 15) is 5.26 Å². The summed E-state index contributed by atoms with van der Waals surface area (Å²) in [6.07, 6.45) is 10.0. The molecule has 0 spiro atoms. The summed E-state index contributed by atoms with van der Waals surface area (Å²) in [7, 11) is 0. The number of rotatable bonds is 6. The highest BCUT2D eigenvalue weighted by Crippen LogP contribution is 2.63. The fourth-order valence-corrected chi connectivity index (χ4v) is 12.2. The van der Waals surface area contributed by atoms with E-state index < -0.39 is 0 Å². The summed E-state index contributed by atoms with van der Waals surface area (Å²) in [5, 5.41) is 11.9. The Kier molecular flexibility index (Phi) is 9.31. The second-order valence-corrected chi connectivity index (χ2v) is 23.0. The Hall–Kier alpha value is -6.28. The zero-order valence-electron chi connectivity index (χ0n) is 39.6. The standard InChI is InChI=1S/C59H61N5O/c1-56(2,3)41-20-21-61-54(29-41)64-51-19-16-37(35-60)25-49(51)48-18-17-47(31-53(48)64)65-46-13-10-12-44(30-46)62-36-63(45-27-42(57(4,5)6)26-43(28-45)58(7,8)9)55-50(14-11-15-52(55)62)59-32-38-22-39(33-59)24-40(23-38)34-59/h10-21,25-31,38-40H,22-24,32-34H2,1-9H3/q+2. The average Bonchev–Trinajstić information content (AvgIpc) is 3.81.